The van der Waals surface area contributed by atoms with Gasteiger partial charge >= 0.3 is 9.68 Å². The first kappa shape index (κ1) is 50.4. The molecule has 0 bridgehead atoms. The lowest BCUT2D eigenvalue weighted by Crippen LogP contribution is -2.29. The van der Waals surface area contributed by atoms with Crippen LogP contribution in [0.3, 0.4) is 0 Å². The first-order valence-corrected chi connectivity index (χ1v) is 27.8. The molecule has 386 valence electrons. The number of nitrogens with zero attached hydrogens (tertiary/aromatic N) is 2. The van der Waals surface area contributed by atoms with Crippen LogP contribution in [-0.4, -0.2) is 73.5 Å². The molecule has 0 radical (unpaired) electrons. The van der Waals surface area contributed by atoms with Crippen LogP contribution in [0.2, 0.25) is 0 Å². The summed E-state index contributed by atoms with van der Waals surface area (Å²) in [4.78, 5) is 5.02. The van der Waals surface area contributed by atoms with Crippen LogP contribution < -0.4 is 19.5 Å². The number of likely N-dealkylation sites (tertiary alicyclic amines) is 2. The SMILES string of the molecule is CC1=C(c2cccc(O)c2)C(c2ccc(/C=C\CN3CCCCC3)cc2)Oc2ccc(O)cc21.[3H][P+](=O)c1ccc2c(c1)C(C)=C(c1cccc(OC3CCCCO3)c1)C(c1ccc(/C=C\CN3CCCCC3)cc1)O2. The van der Waals surface area contributed by atoms with E-state index in [0.29, 0.717) is 5.30 Å². The molecule has 0 aliphatic carbocycles. The quantitative estimate of drug-likeness (QED) is 0.110. The van der Waals surface area contributed by atoms with Crippen molar-refractivity contribution in [2.45, 2.75) is 90.1 Å². The van der Waals surface area contributed by atoms with Gasteiger partial charge < -0.3 is 29.2 Å². The first-order valence-electron chi connectivity index (χ1n) is 27.4. The summed E-state index contributed by atoms with van der Waals surface area (Å²) in [7, 11) is -2.20. The molecular formula is C65H70N2O7P+. The number of allylic oxidation sites excluding steroid dienone is 2. The molecule has 5 aliphatic heterocycles. The fraction of sp³-hybridized carbons (Fsp3) is 0.323. The van der Waals surface area contributed by atoms with E-state index in [0.717, 1.165) is 112 Å². The van der Waals surface area contributed by atoms with Crippen molar-refractivity contribution in [3.8, 4) is 28.7 Å². The topological polar surface area (TPSA) is 101 Å². The predicted octanol–water partition coefficient (Wildman–Crippen LogP) is 14.5. The Morgan fingerprint density at radius 2 is 1.13 bits per heavy atom. The highest BCUT2D eigenvalue weighted by atomic mass is 31.1. The Morgan fingerprint density at radius 1 is 0.600 bits per heavy atom. The van der Waals surface area contributed by atoms with E-state index in [1.807, 2.05) is 49.4 Å². The maximum absolute atomic E-state index is 12.0. The molecule has 11 rings (SSSR count). The Hall–Kier alpha value is -6.74. The Balaban J connectivity index is 0.000000177. The predicted molar refractivity (Wildman–Crippen MR) is 305 cm³/mol. The van der Waals surface area contributed by atoms with Crippen molar-refractivity contribution >= 4 is 48.2 Å². The highest BCUT2D eigenvalue weighted by Gasteiger charge is 2.32. The largest absolute Gasteiger partial charge is 0.508 e. The standard InChI is InChI=1S/C35H38NO4P.C30H31NO3/c1-25-31-24-30(41-37)17-18-32(31)40-35(27-15-13-26(14-16-27)9-8-21-36-19-4-2-5-20-36)34(25)28-10-7-11-29(23-28)39-33-12-3-6-22-38-33;1-21-27-20-26(33)14-15-28(27)34-30(29(21)24-8-5-9-25(32)19-24)23-12-10-22(11-13-23)7-6-18-31-16-3-2-4-17-31/h7-11,13-18,23-24,33,35H,2-6,12,19-22H2,1H3;5-15,19-20,30,32-33H,2-4,16-18H2,1H3/p+1/b9-8-;7-6-/i/hT. The second kappa shape index (κ2) is 24.7. The number of benzene rings is 6. The summed E-state index contributed by atoms with van der Waals surface area (Å²) in [5, 5.41) is 20.7. The van der Waals surface area contributed by atoms with E-state index in [-0.39, 0.29) is 30.0 Å². The van der Waals surface area contributed by atoms with Crippen molar-refractivity contribution in [1.29, 1.82) is 1.28 Å². The molecule has 5 heterocycles. The van der Waals surface area contributed by atoms with Crippen molar-refractivity contribution in [1.82, 2.24) is 9.80 Å². The number of rotatable bonds is 13. The number of aromatic hydroxyl groups is 2. The molecule has 2 N–H and O–H groups in total. The van der Waals surface area contributed by atoms with Crippen LogP contribution in [0.1, 0.15) is 128 Å². The average Bonchev–Trinajstić information content (AvgIpc) is 3.47. The molecule has 3 fully saturated rings. The third-order valence-electron chi connectivity index (χ3n) is 15.1. The van der Waals surface area contributed by atoms with Gasteiger partial charge in [-0.1, -0.05) is 115 Å². The smallest absolute Gasteiger partial charge is 0.394 e. The molecule has 4 unspecified atom stereocenters. The molecule has 3 saturated heterocycles. The summed E-state index contributed by atoms with van der Waals surface area (Å²) in [5.41, 5.74) is 12.2. The van der Waals surface area contributed by atoms with E-state index in [4.69, 9.17) is 20.2 Å². The molecule has 9 nitrogen and oxygen atoms in total. The summed E-state index contributed by atoms with van der Waals surface area (Å²) in [6.45, 7) is 11.6. The number of hydrogen-bond acceptors (Lipinski definition) is 9. The van der Waals surface area contributed by atoms with E-state index in [9.17, 15) is 14.8 Å². The summed E-state index contributed by atoms with van der Waals surface area (Å²) in [6.07, 6.45) is 19.0. The van der Waals surface area contributed by atoms with Crippen LogP contribution in [0.5, 0.6) is 28.7 Å². The van der Waals surface area contributed by atoms with Gasteiger partial charge in [0.1, 0.15) is 41.0 Å². The van der Waals surface area contributed by atoms with Crippen molar-refractivity contribution in [3.05, 3.63) is 190 Å². The van der Waals surface area contributed by atoms with Gasteiger partial charge in [0.15, 0.2) is 11.6 Å². The Morgan fingerprint density at radius 3 is 1.68 bits per heavy atom. The number of ether oxygens (including phenoxy) is 4. The van der Waals surface area contributed by atoms with Crippen LogP contribution in [0.4, 0.5) is 0 Å². The molecule has 75 heavy (non-hydrogen) atoms. The van der Waals surface area contributed by atoms with Crippen LogP contribution in [-0.2, 0) is 9.30 Å². The fourth-order valence-electron chi connectivity index (χ4n) is 11.0. The number of fused-ring (bicyclic) bond motifs is 2. The van der Waals surface area contributed by atoms with Crippen molar-refractivity contribution in [2.75, 3.05) is 45.9 Å². The molecule has 6 aromatic carbocycles. The number of hydrogen-bond donors (Lipinski definition) is 2. The molecule has 0 saturated carbocycles. The van der Waals surface area contributed by atoms with Gasteiger partial charge in [0.05, 0.1) is 6.61 Å². The van der Waals surface area contributed by atoms with Gasteiger partial charge in [-0.25, -0.2) is 0 Å². The normalized spacial score (nSPS) is 20.6. The molecule has 6 aromatic rings. The third kappa shape index (κ3) is 12.9. The van der Waals surface area contributed by atoms with E-state index in [2.05, 4.69) is 102 Å². The Kier molecular flexibility index (Phi) is 16.6. The average molecular weight is 1020 g/mol. The van der Waals surface area contributed by atoms with Gasteiger partial charge in [-0.2, -0.15) is 0 Å². The van der Waals surface area contributed by atoms with Crippen molar-refractivity contribution < 1.29 is 33.7 Å². The molecule has 10 heteroatoms. The molecule has 4 atom stereocenters. The zero-order valence-corrected chi connectivity index (χ0v) is 44.2. The minimum absolute atomic E-state index is 0.205. The van der Waals surface area contributed by atoms with E-state index in [1.165, 1.54) is 75.8 Å². The van der Waals surface area contributed by atoms with Crippen LogP contribution in [0.25, 0.3) is 34.4 Å². The van der Waals surface area contributed by atoms with Crippen LogP contribution >= 0.6 is 8.41 Å². The second-order valence-electron chi connectivity index (χ2n) is 20.4. The van der Waals surface area contributed by atoms with E-state index < -0.39 is 8.41 Å². The fourth-order valence-corrected chi connectivity index (χ4v) is 11.4. The molecule has 0 amide bonds. The highest BCUT2D eigenvalue weighted by Crippen LogP contribution is 2.49. The van der Waals surface area contributed by atoms with Gasteiger partial charge in [-0.05, 0) is 178 Å². The van der Waals surface area contributed by atoms with Gasteiger partial charge in [0, 0.05) is 47.8 Å². The highest BCUT2D eigenvalue weighted by molar-refractivity contribution is 7.34. The van der Waals surface area contributed by atoms with Gasteiger partial charge in [-0.3, -0.25) is 9.80 Å². The zero-order valence-electron chi connectivity index (χ0n) is 44.3. The molecule has 5 aliphatic rings. The second-order valence-corrected chi connectivity index (χ2v) is 21.1. The summed E-state index contributed by atoms with van der Waals surface area (Å²) in [5.74, 6) is 2.66. The Labute approximate surface area is 445 Å². The Bertz CT molecular complexity index is 3110. The summed E-state index contributed by atoms with van der Waals surface area (Å²) >= 11 is 0. The van der Waals surface area contributed by atoms with Crippen molar-refractivity contribution in [3.63, 3.8) is 0 Å². The summed E-state index contributed by atoms with van der Waals surface area (Å²) < 4.78 is 45.0. The van der Waals surface area contributed by atoms with Gasteiger partial charge in [-0.15, -0.1) is 0 Å². The minimum Gasteiger partial charge on any atom is -0.508 e. The van der Waals surface area contributed by atoms with E-state index in [1.54, 1.807) is 30.3 Å². The lowest BCUT2D eigenvalue weighted by molar-refractivity contribution is -0.105. The number of piperidine rings is 2. The maximum Gasteiger partial charge on any atom is 0.394 e. The van der Waals surface area contributed by atoms with Gasteiger partial charge in [0.25, 0.3) is 0 Å². The number of phenols is 2. The molecule has 0 aromatic heterocycles. The lowest BCUT2D eigenvalue weighted by Gasteiger charge is -2.31. The minimum atomic E-state index is -2.20. The zero-order chi connectivity index (χ0) is 52.4. The van der Waals surface area contributed by atoms with Crippen LogP contribution in [0.15, 0.2) is 146 Å². The monoisotopic (exact) mass is 1020 g/mol. The number of phenolic OH excluding ortho intramolecular Hbond substituents is 2. The summed E-state index contributed by atoms with van der Waals surface area (Å²) in [6, 6.07) is 43.1. The first-order chi connectivity index (χ1) is 37.1. The maximum atomic E-state index is 12.0. The van der Waals surface area contributed by atoms with Crippen molar-refractivity contribution in [2.24, 2.45) is 0 Å². The van der Waals surface area contributed by atoms with E-state index >= 15 is 0 Å². The molecule has 0 spiro atoms. The lowest BCUT2D eigenvalue weighted by atomic mass is 9.86. The van der Waals surface area contributed by atoms with Crippen LogP contribution in [0, 0.1) is 0 Å². The van der Waals surface area contributed by atoms with Gasteiger partial charge in [0.2, 0.25) is 0 Å². The molecular weight excluding hydrogens is 952 g/mol. The third-order valence-corrected chi connectivity index (χ3v) is 15.6.